The SMILES string of the molecule is CCC(C)N1CCN(C(=O)N(CCC(=O)O)C2CC2)CC1. The predicted octanol–water partition coefficient (Wildman–Crippen LogP) is 1.46. The zero-order valence-electron chi connectivity index (χ0n) is 13.1. The number of hydrogen-bond acceptors (Lipinski definition) is 3. The van der Waals surface area contributed by atoms with E-state index in [0.717, 1.165) is 45.4 Å². The van der Waals surface area contributed by atoms with Crippen LogP contribution in [0.25, 0.3) is 0 Å². The van der Waals surface area contributed by atoms with Crippen molar-refractivity contribution >= 4 is 12.0 Å². The largest absolute Gasteiger partial charge is 0.481 e. The maximum Gasteiger partial charge on any atom is 0.320 e. The number of hydrogen-bond donors (Lipinski definition) is 1. The lowest BCUT2D eigenvalue weighted by Gasteiger charge is -2.39. The van der Waals surface area contributed by atoms with Gasteiger partial charge in [0.2, 0.25) is 0 Å². The van der Waals surface area contributed by atoms with Gasteiger partial charge in [0.05, 0.1) is 6.42 Å². The number of urea groups is 1. The number of amides is 2. The molecule has 21 heavy (non-hydrogen) atoms. The molecule has 1 aliphatic carbocycles. The normalized spacial score (nSPS) is 21.1. The van der Waals surface area contributed by atoms with Crippen LogP contribution in [-0.2, 0) is 4.79 Å². The second-order valence-electron chi connectivity index (χ2n) is 6.13. The fraction of sp³-hybridized carbons (Fsp3) is 0.867. The number of piperazine rings is 1. The Labute approximate surface area is 126 Å². The van der Waals surface area contributed by atoms with Crippen LogP contribution in [0.4, 0.5) is 4.79 Å². The Hall–Kier alpha value is -1.30. The molecule has 0 radical (unpaired) electrons. The van der Waals surface area contributed by atoms with E-state index < -0.39 is 5.97 Å². The van der Waals surface area contributed by atoms with E-state index in [9.17, 15) is 9.59 Å². The first-order chi connectivity index (χ1) is 10.0. The summed E-state index contributed by atoms with van der Waals surface area (Å²) in [5.74, 6) is -0.838. The lowest BCUT2D eigenvalue weighted by Crippen LogP contribution is -2.55. The van der Waals surface area contributed by atoms with Gasteiger partial charge in [0.1, 0.15) is 0 Å². The summed E-state index contributed by atoms with van der Waals surface area (Å²) in [4.78, 5) is 29.4. The Morgan fingerprint density at radius 3 is 2.33 bits per heavy atom. The van der Waals surface area contributed by atoms with Gasteiger partial charge in [0.25, 0.3) is 0 Å². The van der Waals surface area contributed by atoms with Crippen LogP contribution in [0, 0.1) is 0 Å². The molecule has 2 aliphatic rings. The Morgan fingerprint density at radius 1 is 1.24 bits per heavy atom. The van der Waals surface area contributed by atoms with E-state index in [1.807, 2.05) is 4.90 Å². The van der Waals surface area contributed by atoms with Gasteiger partial charge in [-0.2, -0.15) is 0 Å². The maximum atomic E-state index is 12.6. The first-order valence-corrected chi connectivity index (χ1v) is 8.04. The van der Waals surface area contributed by atoms with Crippen LogP contribution >= 0.6 is 0 Å². The molecular formula is C15H27N3O3. The van der Waals surface area contributed by atoms with Crippen molar-refractivity contribution in [2.75, 3.05) is 32.7 Å². The summed E-state index contributed by atoms with van der Waals surface area (Å²) < 4.78 is 0. The number of carboxylic acid groups (broad SMARTS) is 1. The molecule has 6 nitrogen and oxygen atoms in total. The van der Waals surface area contributed by atoms with Crippen molar-refractivity contribution in [3.05, 3.63) is 0 Å². The molecule has 1 saturated heterocycles. The van der Waals surface area contributed by atoms with E-state index >= 15 is 0 Å². The maximum absolute atomic E-state index is 12.6. The van der Waals surface area contributed by atoms with Crippen molar-refractivity contribution in [1.29, 1.82) is 0 Å². The standard InChI is InChI=1S/C15H27N3O3/c1-3-12(2)16-8-10-17(11-9-16)15(21)18(13-4-5-13)7-6-14(19)20/h12-13H,3-11H2,1-2H3,(H,19,20). The van der Waals surface area contributed by atoms with Crippen LogP contribution < -0.4 is 0 Å². The van der Waals surface area contributed by atoms with Crippen molar-refractivity contribution in [3.8, 4) is 0 Å². The molecule has 1 aliphatic heterocycles. The lowest BCUT2D eigenvalue weighted by molar-refractivity contribution is -0.137. The summed E-state index contributed by atoms with van der Waals surface area (Å²) in [5, 5.41) is 8.82. The summed E-state index contributed by atoms with van der Waals surface area (Å²) in [6.45, 7) is 8.07. The third-order valence-electron chi connectivity index (χ3n) is 4.60. The number of carbonyl (C=O) groups is 2. The van der Waals surface area contributed by atoms with Crippen LogP contribution in [0.1, 0.15) is 39.5 Å². The molecule has 120 valence electrons. The van der Waals surface area contributed by atoms with Crippen LogP contribution in [0.3, 0.4) is 0 Å². The second-order valence-corrected chi connectivity index (χ2v) is 6.13. The van der Waals surface area contributed by atoms with Crippen LogP contribution in [-0.4, -0.2) is 76.6 Å². The first kappa shape index (κ1) is 16.1. The summed E-state index contributed by atoms with van der Waals surface area (Å²) in [5.41, 5.74) is 0. The van der Waals surface area contributed by atoms with Crippen molar-refractivity contribution < 1.29 is 14.7 Å². The van der Waals surface area contributed by atoms with Gasteiger partial charge in [-0.25, -0.2) is 4.79 Å². The van der Waals surface area contributed by atoms with E-state index in [4.69, 9.17) is 5.11 Å². The number of aliphatic carboxylic acids is 1. The zero-order chi connectivity index (χ0) is 15.4. The molecule has 1 saturated carbocycles. The van der Waals surface area contributed by atoms with Gasteiger partial charge in [0, 0.05) is 44.8 Å². The molecule has 0 aromatic heterocycles. The first-order valence-electron chi connectivity index (χ1n) is 8.04. The second kappa shape index (κ2) is 7.11. The minimum atomic E-state index is -0.838. The third kappa shape index (κ3) is 4.33. The van der Waals surface area contributed by atoms with Crippen LogP contribution in [0.15, 0.2) is 0 Å². The molecule has 0 aromatic carbocycles. The Balaban J connectivity index is 1.85. The van der Waals surface area contributed by atoms with Crippen molar-refractivity contribution in [2.45, 2.75) is 51.6 Å². The van der Waals surface area contributed by atoms with E-state index in [0.29, 0.717) is 12.6 Å². The van der Waals surface area contributed by atoms with E-state index in [2.05, 4.69) is 18.7 Å². The molecule has 6 heteroatoms. The Kier molecular flexibility index (Phi) is 5.45. The van der Waals surface area contributed by atoms with E-state index in [1.54, 1.807) is 4.90 Å². The van der Waals surface area contributed by atoms with Gasteiger partial charge >= 0.3 is 12.0 Å². The highest BCUT2D eigenvalue weighted by molar-refractivity contribution is 5.76. The van der Waals surface area contributed by atoms with Crippen molar-refractivity contribution in [1.82, 2.24) is 14.7 Å². The Bertz CT molecular complexity index is 376. The number of carboxylic acids is 1. The van der Waals surface area contributed by atoms with Gasteiger partial charge in [0.15, 0.2) is 0 Å². The van der Waals surface area contributed by atoms with Crippen molar-refractivity contribution in [3.63, 3.8) is 0 Å². The summed E-state index contributed by atoms with van der Waals surface area (Å²) >= 11 is 0. The Morgan fingerprint density at radius 2 is 1.86 bits per heavy atom. The molecule has 1 N–H and O–H groups in total. The predicted molar refractivity (Wildman–Crippen MR) is 80.3 cm³/mol. The minimum Gasteiger partial charge on any atom is -0.481 e. The van der Waals surface area contributed by atoms with Crippen molar-refractivity contribution in [2.24, 2.45) is 0 Å². The molecule has 1 heterocycles. The molecule has 1 atom stereocenters. The van der Waals surface area contributed by atoms with Crippen LogP contribution in [0.2, 0.25) is 0 Å². The molecule has 2 amide bonds. The molecule has 2 rings (SSSR count). The van der Waals surface area contributed by atoms with Gasteiger partial charge in [-0.05, 0) is 26.2 Å². The van der Waals surface area contributed by atoms with Crippen LogP contribution in [0.5, 0.6) is 0 Å². The molecule has 1 unspecified atom stereocenters. The molecule has 2 fully saturated rings. The molecular weight excluding hydrogens is 270 g/mol. The summed E-state index contributed by atoms with van der Waals surface area (Å²) in [6, 6.07) is 0.862. The number of carbonyl (C=O) groups excluding carboxylic acids is 1. The number of nitrogens with zero attached hydrogens (tertiary/aromatic N) is 3. The topological polar surface area (TPSA) is 64.1 Å². The number of rotatable bonds is 6. The smallest absolute Gasteiger partial charge is 0.320 e. The van der Waals surface area contributed by atoms with Gasteiger partial charge < -0.3 is 14.9 Å². The van der Waals surface area contributed by atoms with Gasteiger partial charge in [-0.15, -0.1) is 0 Å². The monoisotopic (exact) mass is 297 g/mol. The highest BCUT2D eigenvalue weighted by atomic mass is 16.4. The van der Waals surface area contributed by atoms with E-state index in [-0.39, 0.29) is 18.5 Å². The summed E-state index contributed by atoms with van der Waals surface area (Å²) in [6.07, 6.45) is 3.19. The lowest BCUT2D eigenvalue weighted by atomic mass is 10.2. The minimum absolute atomic E-state index is 0.0301. The quantitative estimate of drug-likeness (QED) is 0.806. The third-order valence-corrected chi connectivity index (χ3v) is 4.60. The van der Waals surface area contributed by atoms with E-state index in [1.165, 1.54) is 0 Å². The highest BCUT2D eigenvalue weighted by Gasteiger charge is 2.36. The summed E-state index contributed by atoms with van der Waals surface area (Å²) in [7, 11) is 0. The molecule has 0 aromatic rings. The average molecular weight is 297 g/mol. The average Bonchev–Trinajstić information content (AvgIpc) is 3.31. The fourth-order valence-corrected chi connectivity index (χ4v) is 2.83. The molecule has 0 bridgehead atoms. The van der Waals surface area contributed by atoms with Gasteiger partial charge in [-0.1, -0.05) is 6.92 Å². The zero-order valence-corrected chi connectivity index (χ0v) is 13.1. The van der Waals surface area contributed by atoms with Gasteiger partial charge in [-0.3, -0.25) is 9.69 Å². The highest BCUT2D eigenvalue weighted by Crippen LogP contribution is 2.28. The molecule has 0 spiro atoms. The fourth-order valence-electron chi connectivity index (χ4n) is 2.83.